The van der Waals surface area contributed by atoms with E-state index in [0.717, 1.165) is 5.56 Å². The van der Waals surface area contributed by atoms with Crippen molar-refractivity contribution >= 4 is 11.8 Å². The molecular formula is C18H22FN3O3. The Kier molecular flexibility index (Phi) is 5.90. The molecule has 0 saturated carbocycles. The molecule has 1 heterocycles. The third kappa shape index (κ3) is 4.43. The lowest BCUT2D eigenvalue weighted by Gasteiger charge is -2.12. The van der Waals surface area contributed by atoms with Crippen molar-refractivity contribution in [3.8, 4) is 0 Å². The molecule has 0 fully saturated rings. The molecule has 0 radical (unpaired) electrons. The van der Waals surface area contributed by atoms with Crippen molar-refractivity contribution in [2.45, 2.75) is 33.6 Å². The summed E-state index contributed by atoms with van der Waals surface area (Å²) in [6.07, 6.45) is 0. The summed E-state index contributed by atoms with van der Waals surface area (Å²) in [5.74, 6) is -0.755. The lowest BCUT2D eigenvalue weighted by Crippen LogP contribution is -2.36. The van der Waals surface area contributed by atoms with Gasteiger partial charge in [-0.3, -0.25) is 9.59 Å². The van der Waals surface area contributed by atoms with Gasteiger partial charge in [-0.05, 0) is 45.4 Å². The summed E-state index contributed by atoms with van der Waals surface area (Å²) in [7, 11) is 0. The van der Waals surface area contributed by atoms with Crippen molar-refractivity contribution in [3.63, 3.8) is 0 Å². The molecule has 1 atom stereocenters. The highest BCUT2D eigenvalue weighted by Crippen LogP contribution is 2.22. The summed E-state index contributed by atoms with van der Waals surface area (Å²) in [6, 6.07) is 4.31. The van der Waals surface area contributed by atoms with Gasteiger partial charge in [0.05, 0.1) is 11.6 Å². The minimum absolute atomic E-state index is 0.176. The zero-order valence-corrected chi connectivity index (χ0v) is 14.8. The van der Waals surface area contributed by atoms with Crippen LogP contribution in [0, 0.1) is 26.6 Å². The van der Waals surface area contributed by atoms with Gasteiger partial charge in [-0.25, -0.2) is 4.39 Å². The van der Waals surface area contributed by atoms with E-state index in [-0.39, 0.29) is 30.5 Å². The van der Waals surface area contributed by atoms with Gasteiger partial charge < -0.3 is 15.2 Å². The first-order valence-electron chi connectivity index (χ1n) is 8.06. The van der Waals surface area contributed by atoms with E-state index < -0.39 is 11.7 Å². The van der Waals surface area contributed by atoms with E-state index in [1.807, 2.05) is 0 Å². The predicted molar refractivity (Wildman–Crippen MR) is 90.9 cm³/mol. The number of hydrogen-bond donors (Lipinski definition) is 2. The van der Waals surface area contributed by atoms with E-state index in [1.165, 1.54) is 6.07 Å². The fourth-order valence-corrected chi connectivity index (χ4v) is 2.59. The molecule has 0 aliphatic rings. The molecule has 0 bridgehead atoms. The summed E-state index contributed by atoms with van der Waals surface area (Å²) in [6.45, 7) is 7.47. The Morgan fingerprint density at radius 3 is 2.48 bits per heavy atom. The van der Waals surface area contributed by atoms with Gasteiger partial charge >= 0.3 is 0 Å². The maximum absolute atomic E-state index is 13.5. The number of carbonyl (C=O) groups is 2. The molecule has 2 aromatic rings. The van der Waals surface area contributed by atoms with Crippen LogP contribution >= 0.6 is 0 Å². The van der Waals surface area contributed by atoms with Crippen LogP contribution < -0.4 is 10.6 Å². The largest absolute Gasteiger partial charge is 0.361 e. The highest BCUT2D eigenvalue weighted by molar-refractivity contribution is 5.94. The zero-order valence-electron chi connectivity index (χ0n) is 14.8. The lowest BCUT2D eigenvalue weighted by atomic mass is 9.99. The Bertz CT molecular complexity index is 766. The minimum Gasteiger partial charge on any atom is -0.361 e. The number of carbonyl (C=O) groups excluding carboxylic acids is 2. The van der Waals surface area contributed by atoms with Crippen LogP contribution in [0.25, 0.3) is 0 Å². The first kappa shape index (κ1) is 18.6. The third-order valence-electron chi connectivity index (χ3n) is 4.06. The molecule has 1 aromatic heterocycles. The Morgan fingerprint density at radius 1 is 1.20 bits per heavy atom. The van der Waals surface area contributed by atoms with E-state index >= 15 is 0 Å². The average molecular weight is 347 g/mol. The van der Waals surface area contributed by atoms with Crippen LogP contribution in [0.4, 0.5) is 4.39 Å². The van der Waals surface area contributed by atoms with Crippen LogP contribution in [0.5, 0.6) is 0 Å². The second-order valence-electron chi connectivity index (χ2n) is 5.97. The minimum atomic E-state index is -0.422. The van der Waals surface area contributed by atoms with Crippen LogP contribution in [0.2, 0.25) is 0 Å². The summed E-state index contributed by atoms with van der Waals surface area (Å²) in [5.41, 5.74) is 2.20. The molecule has 0 aliphatic carbocycles. The number of halogens is 1. The second-order valence-corrected chi connectivity index (χ2v) is 5.97. The average Bonchev–Trinajstić information content (AvgIpc) is 2.91. The maximum atomic E-state index is 13.5. The molecule has 2 rings (SSSR count). The molecule has 0 aliphatic heterocycles. The number of nitrogens with zero attached hydrogens (tertiary/aromatic N) is 1. The van der Waals surface area contributed by atoms with Crippen molar-refractivity contribution in [1.82, 2.24) is 15.8 Å². The highest BCUT2D eigenvalue weighted by atomic mass is 19.1. The standard InChI is InChI=1S/C18H22FN3O3/c1-10-5-6-14(9-15(10)19)18(24)21-8-7-20-17(23)11(2)16-12(3)22-25-13(16)4/h5-6,9,11H,7-8H2,1-4H3,(H,20,23)(H,21,24)/t11-/m0/s1. The number of nitrogens with one attached hydrogen (secondary N) is 2. The molecule has 1 aromatic carbocycles. The topological polar surface area (TPSA) is 84.2 Å². The van der Waals surface area contributed by atoms with Crippen molar-refractivity contribution in [2.75, 3.05) is 13.1 Å². The Morgan fingerprint density at radius 2 is 1.88 bits per heavy atom. The van der Waals surface area contributed by atoms with E-state index in [4.69, 9.17) is 4.52 Å². The van der Waals surface area contributed by atoms with Gasteiger partial charge in [-0.2, -0.15) is 0 Å². The van der Waals surface area contributed by atoms with E-state index in [0.29, 0.717) is 17.0 Å². The molecule has 0 saturated heterocycles. The first-order chi connectivity index (χ1) is 11.8. The lowest BCUT2D eigenvalue weighted by molar-refractivity contribution is -0.122. The van der Waals surface area contributed by atoms with E-state index in [2.05, 4.69) is 15.8 Å². The second kappa shape index (κ2) is 7.92. The van der Waals surface area contributed by atoms with Crippen LogP contribution in [0.1, 0.15) is 45.8 Å². The molecule has 0 spiro atoms. The molecule has 25 heavy (non-hydrogen) atoms. The molecule has 0 unspecified atom stereocenters. The summed E-state index contributed by atoms with van der Waals surface area (Å²) in [4.78, 5) is 24.2. The maximum Gasteiger partial charge on any atom is 0.251 e. The normalized spacial score (nSPS) is 11.9. The van der Waals surface area contributed by atoms with Crippen molar-refractivity contribution in [3.05, 3.63) is 52.2 Å². The predicted octanol–water partition coefficient (Wildman–Crippen LogP) is 2.39. The van der Waals surface area contributed by atoms with Gasteiger partial charge in [-0.1, -0.05) is 11.2 Å². The van der Waals surface area contributed by atoms with Gasteiger partial charge in [0.2, 0.25) is 5.91 Å². The number of amides is 2. The fraction of sp³-hybridized carbons (Fsp3) is 0.389. The SMILES string of the molecule is Cc1ccc(C(=O)NCCNC(=O)[C@@H](C)c2c(C)noc2C)cc1F. The number of benzene rings is 1. The number of rotatable bonds is 6. The van der Waals surface area contributed by atoms with Gasteiger partial charge in [-0.15, -0.1) is 0 Å². The smallest absolute Gasteiger partial charge is 0.251 e. The zero-order chi connectivity index (χ0) is 18.6. The Labute approximate surface area is 145 Å². The number of aryl methyl sites for hydroxylation is 3. The molecule has 6 nitrogen and oxygen atoms in total. The van der Waals surface area contributed by atoms with Gasteiger partial charge in [0, 0.05) is 24.2 Å². The third-order valence-corrected chi connectivity index (χ3v) is 4.06. The first-order valence-corrected chi connectivity index (χ1v) is 8.06. The van der Waals surface area contributed by atoms with E-state index in [9.17, 15) is 14.0 Å². The van der Waals surface area contributed by atoms with Crippen molar-refractivity contribution in [1.29, 1.82) is 0 Å². The number of hydrogen-bond acceptors (Lipinski definition) is 4. The summed E-state index contributed by atoms with van der Waals surface area (Å²) in [5, 5.41) is 9.25. The molecule has 2 amide bonds. The quantitative estimate of drug-likeness (QED) is 0.786. The fourth-order valence-electron chi connectivity index (χ4n) is 2.59. The van der Waals surface area contributed by atoms with Gasteiger partial charge in [0.1, 0.15) is 11.6 Å². The summed E-state index contributed by atoms with van der Waals surface area (Å²) >= 11 is 0. The number of aromatic nitrogens is 1. The van der Waals surface area contributed by atoms with Crippen LogP contribution in [0.3, 0.4) is 0 Å². The van der Waals surface area contributed by atoms with Crippen LogP contribution in [0.15, 0.2) is 22.7 Å². The highest BCUT2D eigenvalue weighted by Gasteiger charge is 2.22. The van der Waals surface area contributed by atoms with Gasteiger partial charge in [0.15, 0.2) is 0 Å². The van der Waals surface area contributed by atoms with Gasteiger partial charge in [0.25, 0.3) is 5.91 Å². The molecular weight excluding hydrogens is 325 g/mol. The molecule has 7 heteroatoms. The van der Waals surface area contributed by atoms with Crippen molar-refractivity contribution < 1.29 is 18.5 Å². The Hall–Kier alpha value is -2.70. The summed E-state index contributed by atoms with van der Waals surface area (Å²) < 4.78 is 18.5. The van der Waals surface area contributed by atoms with Crippen molar-refractivity contribution in [2.24, 2.45) is 0 Å². The van der Waals surface area contributed by atoms with Crippen LogP contribution in [-0.2, 0) is 4.79 Å². The monoisotopic (exact) mass is 347 g/mol. The molecule has 134 valence electrons. The molecule has 2 N–H and O–H groups in total. The Balaban J connectivity index is 1.81. The van der Waals surface area contributed by atoms with Crippen LogP contribution in [-0.4, -0.2) is 30.1 Å². The van der Waals surface area contributed by atoms with E-state index in [1.54, 1.807) is 39.8 Å².